The van der Waals surface area contributed by atoms with Gasteiger partial charge >= 0.3 is 0 Å². The number of fused-ring (bicyclic) bond motifs is 1. The molecular weight excluding hydrogens is 402 g/mol. The Balaban J connectivity index is 1.62. The van der Waals surface area contributed by atoms with Crippen LogP contribution in [0.1, 0.15) is 46.7 Å². The molecule has 1 saturated heterocycles. The average molecular weight is 425 g/mol. The van der Waals surface area contributed by atoms with Gasteiger partial charge < -0.3 is 10.0 Å². The smallest absolute Gasteiger partial charge is 0.295 e. The van der Waals surface area contributed by atoms with Crippen LogP contribution in [-0.4, -0.2) is 31.7 Å². The quantitative estimate of drug-likeness (QED) is 0.388. The lowest BCUT2D eigenvalue weighted by molar-refractivity contribution is -0.140. The van der Waals surface area contributed by atoms with E-state index in [-0.39, 0.29) is 17.9 Å². The summed E-state index contributed by atoms with van der Waals surface area (Å²) >= 11 is 0. The predicted octanol–water partition coefficient (Wildman–Crippen LogP) is 3.98. The number of nitrogens with zero attached hydrogens (tertiary/aromatic N) is 3. The number of benzene rings is 1. The number of rotatable bonds is 4. The number of aryl methyl sites for hydroxylation is 2. The van der Waals surface area contributed by atoms with Crippen molar-refractivity contribution in [3.63, 3.8) is 0 Å². The zero-order chi connectivity index (χ0) is 22.1. The molecule has 1 aliphatic carbocycles. The Labute approximate surface area is 186 Å². The van der Waals surface area contributed by atoms with Crippen LogP contribution in [0.25, 0.3) is 5.76 Å². The number of aromatic nitrogens is 2. The summed E-state index contributed by atoms with van der Waals surface area (Å²) < 4.78 is 0. The minimum atomic E-state index is -0.700. The van der Waals surface area contributed by atoms with Crippen LogP contribution >= 0.6 is 0 Å². The Bertz CT molecular complexity index is 1210. The first-order valence-electron chi connectivity index (χ1n) is 10.8. The van der Waals surface area contributed by atoms with Crippen molar-refractivity contribution in [1.82, 2.24) is 14.9 Å². The molecule has 1 atom stereocenters. The molecule has 5 rings (SSSR count). The molecule has 1 aromatic carbocycles. The van der Waals surface area contributed by atoms with Gasteiger partial charge in [0, 0.05) is 36.9 Å². The van der Waals surface area contributed by atoms with Crippen LogP contribution in [0.4, 0.5) is 0 Å². The van der Waals surface area contributed by atoms with Gasteiger partial charge in [-0.25, -0.2) is 0 Å². The molecule has 0 radical (unpaired) electrons. The molecule has 1 fully saturated rings. The summed E-state index contributed by atoms with van der Waals surface area (Å²) in [5, 5.41) is 11.3. The van der Waals surface area contributed by atoms with Crippen LogP contribution in [-0.2, 0) is 29.0 Å². The van der Waals surface area contributed by atoms with Crippen LogP contribution in [0.5, 0.6) is 0 Å². The second kappa shape index (κ2) is 8.38. The molecule has 0 saturated carbocycles. The maximum atomic E-state index is 13.2. The normalized spacial score (nSPS) is 19.8. The van der Waals surface area contributed by atoms with Crippen molar-refractivity contribution >= 4 is 17.4 Å². The monoisotopic (exact) mass is 425 g/mol. The van der Waals surface area contributed by atoms with Crippen LogP contribution in [0.3, 0.4) is 0 Å². The highest BCUT2D eigenvalue weighted by Crippen LogP contribution is 2.40. The largest absolute Gasteiger partial charge is 0.507 e. The third-order valence-corrected chi connectivity index (χ3v) is 6.26. The van der Waals surface area contributed by atoms with Gasteiger partial charge in [0.25, 0.3) is 11.7 Å². The number of carbonyl (C=O) groups is 2. The minimum Gasteiger partial charge on any atom is -0.507 e. The van der Waals surface area contributed by atoms with Crippen molar-refractivity contribution in [3.05, 3.63) is 101 Å². The van der Waals surface area contributed by atoms with E-state index in [4.69, 9.17) is 0 Å². The van der Waals surface area contributed by atoms with Gasteiger partial charge in [-0.05, 0) is 72.2 Å². The molecule has 1 aliphatic heterocycles. The number of hydrogen-bond acceptors (Lipinski definition) is 5. The average Bonchev–Trinajstić information content (AvgIpc) is 3.09. The maximum Gasteiger partial charge on any atom is 0.295 e. The van der Waals surface area contributed by atoms with Crippen molar-refractivity contribution in [2.45, 2.75) is 38.3 Å². The van der Waals surface area contributed by atoms with E-state index >= 15 is 0 Å². The van der Waals surface area contributed by atoms with Crippen LogP contribution < -0.4 is 0 Å². The molecule has 0 bridgehead atoms. The first kappa shape index (κ1) is 20.1. The second-order valence-electron chi connectivity index (χ2n) is 8.26. The zero-order valence-electron chi connectivity index (χ0n) is 17.6. The summed E-state index contributed by atoms with van der Waals surface area (Å²) in [6.45, 7) is 0.215. The second-order valence-corrected chi connectivity index (χ2v) is 8.26. The lowest BCUT2D eigenvalue weighted by Crippen LogP contribution is -2.29. The molecule has 6 nitrogen and oxygen atoms in total. The van der Waals surface area contributed by atoms with Gasteiger partial charge in [0.1, 0.15) is 5.76 Å². The van der Waals surface area contributed by atoms with Crippen molar-refractivity contribution in [1.29, 1.82) is 0 Å². The van der Waals surface area contributed by atoms with Crippen molar-refractivity contribution < 1.29 is 14.7 Å². The lowest BCUT2D eigenvalue weighted by atomic mass is 9.89. The highest BCUT2D eigenvalue weighted by Gasteiger charge is 2.46. The van der Waals surface area contributed by atoms with Crippen molar-refractivity contribution in [2.24, 2.45) is 0 Å². The molecule has 3 heterocycles. The topological polar surface area (TPSA) is 83.4 Å². The molecule has 3 aromatic rings. The molecule has 32 heavy (non-hydrogen) atoms. The molecule has 2 aliphatic rings. The van der Waals surface area contributed by atoms with E-state index in [2.05, 4.69) is 9.97 Å². The molecule has 1 N–H and O–H groups in total. The number of pyridine rings is 2. The predicted molar refractivity (Wildman–Crippen MR) is 119 cm³/mol. The first-order chi connectivity index (χ1) is 15.6. The van der Waals surface area contributed by atoms with Gasteiger partial charge in [-0.3, -0.25) is 19.6 Å². The van der Waals surface area contributed by atoms with E-state index < -0.39 is 17.7 Å². The standard InChI is InChI=1S/C26H23N3O3/c30-24(21-8-7-18-5-1-2-6-20(18)14-21)22-23(19-9-12-27-13-10-19)29(26(32)25(22)31)16-17-4-3-11-28-15-17/h3-4,7-15,23,30H,1-2,5-6,16H2/b24-22-. The first-order valence-corrected chi connectivity index (χ1v) is 10.8. The fraction of sp³-hybridized carbons (Fsp3) is 0.231. The number of amides is 1. The lowest BCUT2D eigenvalue weighted by Gasteiger charge is -2.25. The number of carbonyl (C=O) groups excluding carboxylic acids is 2. The van der Waals surface area contributed by atoms with Crippen LogP contribution in [0, 0.1) is 0 Å². The van der Waals surface area contributed by atoms with E-state index in [1.165, 1.54) is 22.4 Å². The van der Waals surface area contributed by atoms with Crippen molar-refractivity contribution in [3.8, 4) is 0 Å². The van der Waals surface area contributed by atoms with Crippen molar-refractivity contribution in [2.75, 3.05) is 0 Å². The number of aliphatic hydroxyl groups excluding tert-OH is 1. The van der Waals surface area contributed by atoms with E-state index in [1.54, 1.807) is 43.0 Å². The van der Waals surface area contributed by atoms with Crippen LogP contribution in [0.15, 0.2) is 72.8 Å². The van der Waals surface area contributed by atoms with E-state index in [0.29, 0.717) is 5.56 Å². The summed E-state index contributed by atoms with van der Waals surface area (Å²) in [4.78, 5) is 35.9. The van der Waals surface area contributed by atoms with Gasteiger partial charge in [0.2, 0.25) is 0 Å². The number of ketones is 1. The number of Topliss-reactive ketones (excluding diaryl/α,β-unsaturated/α-hetero) is 1. The highest BCUT2D eigenvalue weighted by molar-refractivity contribution is 6.46. The number of hydrogen-bond donors (Lipinski definition) is 1. The molecule has 0 spiro atoms. The summed E-state index contributed by atoms with van der Waals surface area (Å²) in [7, 11) is 0. The fourth-order valence-corrected chi connectivity index (χ4v) is 4.66. The zero-order valence-corrected chi connectivity index (χ0v) is 17.6. The summed E-state index contributed by atoms with van der Waals surface area (Å²) in [6, 6.07) is 12.3. The van der Waals surface area contributed by atoms with Gasteiger partial charge in [0.05, 0.1) is 11.6 Å². The van der Waals surface area contributed by atoms with E-state index in [9.17, 15) is 14.7 Å². The summed E-state index contributed by atoms with van der Waals surface area (Å²) in [5.74, 6) is -1.44. The third kappa shape index (κ3) is 3.58. The highest BCUT2D eigenvalue weighted by atomic mass is 16.3. The fourth-order valence-electron chi connectivity index (χ4n) is 4.66. The Morgan fingerprint density at radius 3 is 2.50 bits per heavy atom. The number of likely N-dealkylation sites (tertiary alicyclic amines) is 1. The Hall–Kier alpha value is -3.80. The molecule has 6 heteroatoms. The van der Waals surface area contributed by atoms with E-state index in [1.807, 2.05) is 24.3 Å². The number of aliphatic hydroxyl groups is 1. The van der Waals surface area contributed by atoms with E-state index in [0.717, 1.165) is 30.4 Å². The molecule has 1 amide bonds. The molecular formula is C26H23N3O3. The SMILES string of the molecule is O=C1C(=O)N(Cc2cccnc2)C(c2ccncc2)/C1=C(/O)c1ccc2c(c1)CCCC2. The Kier molecular flexibility index (Phi) is 5.27. The summed E-state index contributed by atoms with van der Waals surface area (Å²) in [6.07, 6.45) is 10.9. The Morgan fingerprint density at radius 2 is 1.75 bits per heavy atom. The van der Waals surface area contributed by atoms with Crippen LogP contribution in [0.2, 0.25) is 0 Å². The Morgan fingerprint density at radius 1 is 0.969 bits per heavy atom. The van der Waals surface area contributed by atoms with Gasteiger partial charge in [0.15, 0.2) is 0 Å². The summed E-state index contributed by atoms with van der Waals surface area (Å²) in [5.41, 5.74) is 4.70. The molecule has 1 unspecified atom stereocenters. The molecule has 160 valence electrons. The van der Waals surface area contributed by atoms with Gasteiger partial charge in [-0.15, -0.1) is 0 Å². The third-order valence-electron chi connectivity index (χ3n) is 6.26. The minimum absolute atomic E-state index is 0.112. The van der Waals surface area contributed by atoms with Gasteiger partial charge in [-0.1, -0.05) is 18.2 Å². The van der Waals surface area contributed by atoms with Gasteiger partial charge in [-0.2, -0.15) is 0 Å². The molecule has 2 aromatic heterocycles. The maximum absolute atomic E-state index is 13.2.